The fraction of sp³-hybridized carbons (Fsp3) is 0.600. The summed E-state index contributed by atoms with van der Waals surface area (Å²) in [7, 11) is 0. The summed E-state index contributed by atoms with van der Waals surface area (Å²) < 4.78 is 1.58. The highest BCUT2D eigenvalue weighted by atomic mass is 127. The van der Waals surface area contributed by atoms with E-state index in [1.165, 1.54) is 12.8 Å². The molecular weight excluding hydrogens is 187 g/mol. The highest BCUT2D eigenvalue weighted by molar-refractivity contribution is 14.1. The van der Waals surface area contributed by atoms with E-state index in [0.29, 0.717) is 0 Å². The lowest BCUT2D eigenvalue weighted by molar-refractivity contribution is 0.867. The zero-order valence-corrected chi connectivity index (χ0v) is 5.95. The fourth-order valence-corrected chi connectivity index (χ4v) is 1.01. The number of hydrogen-bond acceptors (Lipinski definition) is 0. The van der Waals surface area contributed by atoms with Crippen molar-refractivity contribution in [2.75, 3.05) is 0 Å². The second kappa shape index (κ2) is 1.52. The SMILES string of the molecule is CC1=C(I)CC1. The summed E-state index contributed by atoms with van der Waals surface area (Å²) >= 11 is 2.40. The molecule has 0 bridgehead atoms. The monoisotopic (exact) mass is 194 g/mol. The Balaban J connectivity index is 2.66. The molecule has 0 aliphatic heterocycles. The molecule has 1 rings (SSSR count). The summed E-state index contributed by atoms with van der Waals surface area (Å²) in [4.78, 5) is 0. The van der Waals surface area contributed by atoms with Crippen molar-refractivity contribution >= 4 is 22.6 Å². The normalized spacial score (nSPS) is 21.0. The minimum atomic E-state index is 1.34. The molecule has 0 radical (unpaired) electrons. The van der Waals surface area contributed by atoms with Gasteiger partial charge in [0.1, 0.15) is 0 Å². The van der Waals surface area contributed by atoms with Crippen LogP contribution in [0.1, 0.15) is 19.8 Å². The highest BCUT2D eigenvalue weighted by Gasteiger charge is 2.07. The molecule has 0 saturated heterocycles. The molecule has 1 heteroatoms. The zero-order chi connectivity index (χ0) is 4.57. The Labute approximate surface area is 51.8 Å². The third kappa shape index (κ3) is 0.600. The van der Waals surface area contributed by atoms with E-state index in [1.807, 2.05) is 0 Å². The molecule has 0 aromatic heterocycles. The van der Waals surface area contributed by atoms with Gasteiger partial charge in [0.15, 0.2) is 0 Å². The molecule has 6 heavy (non-hydrogen) atoms. The van der Waals surface area contributed by atoms with Gasteiger partial charge in [-0.2, -0.15) is 0 Å². The molecule has 0 saturated carbocycles. The van der Waals surface area contributed by atoms with E-state index >= 15 is 0 Å². The Morgan fingerprint density at radius 3 is 2.00 bits per heavy atom. The van der Waals surface area contributed by atoms with Crippen molar-refractivity contribution in [1.29, 1.82) is 0 Å². The van der Waals surface area contributed by atoms with Gasteiger partial charge in [-0.15, -0.1) is 0 Å². The van der Waals surface area contributed by atoms with E-state index in [1.54, 1.807) is 9.15 Å². The quantitative estimate of drug-likeness (QED) is 0.519. The molecule has 1 aliphatic rings. The molecule has 0 spiro atoms. The van der Waals surface area contributed by atoms with Crippen molar-refractivity contribution in [3.63, 3.8) is 0 Å². The second-order valence-corrected chi connectivity index (χ2v) is 2.99. The number of hydrogen-bond donors (Lipinski definition) is 0. The van der Waals surface area contributed by atoms with Gasteiger partial charge in [-0.3, -0.25) is 0 Å². The maximum atomic E-state index is 2.40. The molecule has 0 N–H and O–H groups in total. The minimum absolute atomic E-state index is 1.34. The molecule has 0 aromatic rings. The molecule has 0 aromatic carbocycles. The van der Waals surface area contributed by atoms with E-state index in [0.717, 1.165) is 0 Å². The Bertz CT molecular complexity index is 80.1. The first-order valence-corrected chi connectivity index (χ1v) is 3.22. The van der Waals surface area contributed by atoms with Gasteiger partial charge in [0.2, 0.25) is 0 Å². The molecule has 0 amide bonds. The van der Waals surface area contributed by atoms with E-state index in [2.05, 4.69) is 29.5 Å². The van der Waals surface area contributed by atoms with E-state index in [-0.39, 0.29) is 0 Å². The van der Waals surface area contributed by atoms with Crippen LogP contribution in [0.25, 0.3) is 0 Å². The lowest BCUT2D eigenvalue weighted by Crippen LogP contribution is -1.92. The van der Waals surface area contributed by atoms with E-state index in [9.17, 15) is 0 Å². The molecular formula is C5H7I. The first kappa shape index (κ1) is 4.62. The summed E-state index contributed by atoms with van der Waals surface area (Å²) in [6.07, 6.45) is 2.69. The summed E-state index contributed by atoms with van der Waals surface area (Å²) in [5, 5.41) is 0. The van der Waals surface area contributed by atoms with Crippen molar-refractivity contribution in [3.8, 4) is 0 Å². The van der Waals surface area contributed by atoms with Crippen molar-refractivity contribution in [2.24, 2.45) is 0 Å². The van der Waals surface area contributed by atoms with Crippen LogP contribution >= 0.6 is 22.6 Å². The Hall–Kier alpha value is 0.470. The summed E-state index contributed by atoms with van der Waals surface area (Å²) in [6, 6.07) is 0. The van der Waals surface area contributed by atoms with Crippen LogP contribution in [0.15, 0.2) is 9.15 Å². The lowest BCUT2D eigenvalue weighted by Gasteiger charge is -2.13. The predicted octanol–water partition coefficient (Wildman–Crippen LogP) is 2.49. The first-order valence-electron chi connectivity index (χ1n) is 2.15. The minimum Gasteiger partial charge on any atom is -0.0637 e. The smallest absolute Gasteiger partial charge is 0.0101 e. The van der Waals surface area contributed by atoms with Crippen molar-refractivity contribution in [1.82, 2.24) is 0 Å². The average Bonchev–Trinajstić information content (AvgIpc) is 1.61. The predicted molar refractivity (Wildman–Crippen MR) is 36.0 cm³/mol. The molecule has 1 aliphatic carbocycles. The van der Waals surface area contributed by atoms with Gasteiger partial charge in [0.25, 0.3) is 0 Å². The number of rotatable bonds is 0. The average molecular weight is 194 g/mol. The first-order chi connectivity index (χ1) is 2.80. The van der Waals surface area contributed by atoms with Crippen molar-refractivity contribution in [3.05, 3.63) is 9.15 Å². The highest BCUT2D eigenvalue weighted by Crippen LogP contribution is 2.31. The van der Waals surface area contributed by atoms with Crippen LogP contribution in [0.4, 0.5) is 0 Å². The lowest BCUT2D eigenvalue weighted by atomic mass is 10.0. The van der Waals surface area contributed by atoms with Gasteiger partial charge in [-0.25, -0.2) is 0 Å². The van der Waals surface area contributed by atoms with Crippen LogP contribution in [0.2, 0.25) is 0 Å². The van der Waals surface area contributed by atoms with Crippen LogP contribution in [0, 0.1) is 0 Å². The van der Waals surface area contributed by atoms with E-state index < -0.39 is 0 Å². The summed E-state index contributed by atoms with van der Waals surface area (Å²) in [5.74, 6) is 0. The molecule has 34 valence electrons. The third-order valence-corrected chi connectivity index (χ3v) is 2.64. The third-order valence-electron chi connectivity index (χ3n) is 1.18. The number of allylic oxidation sites excluding steroid dienone is 2. The fourth-order valence-electron chi connectivity index (χ4n) is 0.469. The van der Waals surface area contributed by atoms with Crippen molar-refractivity contribution < 1.29 is 0 Å². The Morgan fingerprint density at radius 1 is 1.50 bits per heavy atom. The summed E-state index contributed by atoms with van der Waals surface area (Å²) in [6.45, 7) is 2.20. The Kier molecular flexibility index (Phi) is 1.17. The van der Waals surface area contributed by atoms with Gasteiger partial charge in [0, 0.05) is 0 Å². The topological polar surface area (TPSA) is 0 Å². The Morgan fingerprint density at radius 2 is 2.00 bits per heavy atom. The molecule has 0 unspecified atom stereocenters. The largest absolute Gasteiger partial charge is 0.0637 e. The molecule has 0 fully saturated rings. The maximum Gasteiger partial charge on any atom is -0.0101 e. The van der Waals surface area contributed by atoms with Gasteiger partial charge in [0.05, 0.1) is 0 Å². The maximum absolute atomic E-state index is 2.40. The van der Waals surface area contributed by atoms with Crippen LogP contribution in [0.3, 0.4) is 0 Å². The zero-order valence-electron chi connectivity index (χ0n) is 3.79. The number of halogens is 1. The second-order valence-electron chi connectivity index (χ2n) is 1.69. The van der Waals surface area contributed by atoms with Gasteiger partial charge in [-0.1, -0.05) is 5.57 Å². The molecule has 0 nitrogen and oxygen atoms in total. The molecule has 0 heterocycles. The standard InChI is InChI=1S/C5H7I/c1-4-2-3-5(4)6/h2-3H2,1H3. The van der Waals surface area contributed by atoms with Gasteiger partial charge in [-0.05, 0) is 45.9 Å². The van der Waals surface area contributed by atoms with Crippen LogP contribution in [-0.4, -0.2) is 0 Å². The van der Waals surface area contributed by atoms with Crippen LogP contribution in [0.5, 0.6) is 0 Å². The van der Waals surface area contributed by atoms with Gasteiger partial charge >= 0.3 is 0 Å². The van der Waals surface area contributed by atoms with Crippen LogP contribution in [-0.2, 0) is 0 Å². The van der Waals surface area contributed by atoms with E-state index in [4.69, 9.17) is 0 Å². The van der Waals surface area contributed by atoms with Crippen molar-refractivity contribution in [2.45, 2.75) is 19.8 Å². The van der Waals surface area contributed by atoms with Gasteiger partial charge < -0.3 is 0 Å². The van der Waals surface area contributed by atoms with Crippen LogP contribution < -0.4 is 0 Å². The summed E-state index contributed by atoms with van der Waals surface area (Å²) in [5.41, 5.74) is 1.59. The molecule has 0 atom stereocenters.